The molecule has 1 amide bonds. The van der Waals surface area contributed by atoms with Crippen molar-refractivity contribution in [3.05, 3.63) is 12.2 Å². The number of hydrogen-bond donors (Lipinski definition) is 3. The molecule has 0 rings (SSSR count). The van der Waals surface area contributed by atoms with Crippen molar-refractivity contribution in [1.82, 2.24) is 5.32 Å². The number of ether oxygens (including phenoxy) is 1. The van der Waals surface area contributed by atoms with E-state index in [1.807, 2.05) is 6.08 Å². The number of allylic oxidation sites excluding steroid dienone is 1. The molecule has 6 nitrogen and oxygen atoms in total. The summed E-state index contributed by atoms with van der Waals surface area (Å²) in [6, 6.07) is -0.633. The van der Waals surface area contributed by atoms with Gasteiger partial charge >= 0.3 is 5.97 Å². The Labute approximate surface area is 419 Å². The Hall–Kier alpha value is -1.40. The third kappa shape index (κ3) is 53.8. The lowest BCUT2D eigenvalue weighted by molar-refractivity contribution is -0.143. The molecule has 0 saturated heterocycles. The first-order chi connectivity index (χ1) is 33.0. The van der Waals surface area contributed by atoms with Gasteiger partial charge < -0.3 is 20.3 Å². The lowest BCUT2D eigenvalue weighted by atomic mass is 10.0. The van der Waals surface area contributed by atoms with Gasteiger partial charge in [0.1, 0.15) is 0 Å². The van der Waals surface area contributed by atoms with Crippen LogP contribution in [0.2, 0.25) is 0 Å². The van der Waals surface area contributed by atoms with Crippen LogP contribution < -0.4 is 5.32 Å². The summed E-state index contributed by atoms with van der Waals surface area (Å²) >= 11 is 0. The zero-order valence-corrected chi connectivity index (χ0v) is 45.4. The van der Waals surface area contributed by atoms with Gasteiger partial charge in [0.05, 0.1) is 25.4 Å². The van der Waals surface area contributed by atoms with Crippen molar-refractivity contribution in [2.75, 3.05) is 13.2 Å². The third-order valence-corrected chi connectivity index (χ3v) is 14.3. The number of rotatable bonds is 57. The zero-order valence-electron chi connectivity index (χ0n) is 45.4. The first-order valence-corrected chi connectivity index (χ1v) is 30.5. The molecular formula is C61H119NO5. The zero-order chi connectivity index (χ0) is 48.6. The highest BCUT2D eigenvalue weighted by Crippen LogP contribution is 2.18. The average molecular weight is 947 g/mol. The Balaban J connectivity index is 3.45. The van der Waals surface area contributed by atoms with Gasteiger partial charge in [0.2, 0.25) is 5.91 Å². The van der Waals surface area contributed by atoms with Crippen molar-refractivity contribution < 1.29 is 24.5 Å². The second-order valence-electron chi connectivity index (χ2n) is 21.0. The van der Waals surface area contributed by atoms with Crippen LogP contribution in [0, 0.1) is 0 Å². The molecule has 0 radical (unpaired) electrons. The lowest BCUT2D eigenvalue weighted by Gasteiger charge is -2.20. The number of carbonyl (C=O) groups is 2. The normalized spacial score (nSPS) is 12.6. The van der Waals surface area contributed by atoms with Crippen LogP contribution in [0.25, 0.3) is 0 Å². The quantitative estimate of drug-likeness (QED) is 0.0321. The van der Waals surface area contributed by atoms with Crippen molar-refractivity contribution in [3.8, 4) is 0 Å². The number of carbonyl (C=O) groups excluding carboxylic acids is 2. The summed E-state index contributed by atoms with van der Waals surface area (Å²) in [6.45, 7) is 4.91. The minimum Gasteiger partial charge on any atom is -0.466 e. The van der Waals surface area contributed by atoms with E-state index < -0.39 is 12.1 Å². The van der Waals surface area contributed by atoms with E-state index in [2.05, 4.69) is 19.2 Å². The van der Waals surface area contributed by atoms with Gasteiger partial charge in [0.25, 0.3) is 0 Å². The van der Waals surface area contributed by atoms with Gasteiger partial charge in [0.15, 0.2) is 0 Å². The summed E-state index contributed by atoms with van der Waals surface area (Å²) in [4.78, 5) is 24.5. The van der Waals surface area contributed by atoms with Gasteiger partial charge in [-0.3, -0.25) is 9.59 Å². The fourth-order valence-electron chi connectivity index (χ4n) is 9.64. The van der Waals surface area contributed by atoms with E-state index in [9.17, 15) is 19.8 Å². The van der Waals surface area contributed by atoms with E-state index in [-0.39, 0.29) is 18.5 Å². The Kier molecular flexibility index (Phi) is 56.0. The first-order valence-electron chi connectivity index (χ1n) is 30.5. The predicted molar refractivity (Wildman–Crippen MR) is 292 cm³/mol. The maximum atomic E-state index is 12.5. The van der Waals surface area contributed by atoms with E-state index >= 15 is 0 Å². The van der Waals surface area contributed by atoms with Crippen LogP contribution in [-0.4, -0.2) is 47.4 Å². The average Bonchev–Trinajstić information content (AvgIpc) is 3.33. The number of hydrogen-bond acceptors (Lipinski definition) is 5. The Morgan fingerprint density at radius 3 is 1.01 bits per heavy atom. The molecular weight excluding hydrogens is 827 g/mol. The van der Waals surface area contributed by atoms with Crippen LogP contribution in [-0.2, 0) is 14.3 Å². The number of esters is 1. The molecule has 0 spiro atoms. The van der Waals surface area contributed by atoms with Crippen LogP contribution in [0.1, 0.15) is 341 Å². The summed E-state index contributed by atoms with van der Waals surface area (Å²) < 4.78 is 5.46. The molecule has 67 heavy (non-hydrogen) atoms. The number of nitrogens with one attached hydrogen (secondary N) is 1. The molecule has 3 N–H and O–H groups in total. The lowest BCUT2D eigenvalue weighted by Crippen LogP contribution is -2.45. The molecule has 0 aromatic carbocycles. The molecule has 0 fully saturated rings. The SMILES string of the molecule is CCCCCCCCCCCCCCCCCCCCCCC/C=C/C(O)C(CO)NC(=O)CCCCCCCCCCCCCCCCCCOC(=O)CCCCCCCCCCCCC. The van der Waals surface area contributed by atoms with Crippen LogP contribution in [0.3, 0.4) is 0 Å². The summed E-state index contributed by atoms with van der Waals surface area (Å²) in [7, 11) is 0. The van der Waals surface area contributed by atoms with Gasteiger partial charge in [-0.05, 0) is 32.1 Å². The van der Waals surface area contributed by atoms with Gasteiger partial charge in [0, 0.05) is 12.8 Å². The standard InChI is InChI=1S/C61H119NO5/c1-3-5-7-9-11-13-15-16-17-18-19-20-21-22-23-24-27-30-34-37-41-45-49-53-59(64)58(57-63)62-60(65)54-50-46-42-38-35-31-28-25-26-29-32-36-40-44-48-52-56-67-61(66)55-51-47-43-39-33-14-12-10-8-6-4-2/h49,53,58-59,63-64H,3-48,50-52,54-57H2,1-2H3,(H,62,65)/b53-49+. The fraction of sp³-hybridized carbons (Fsp3) is 0.934. The smallest absolute Gasteiger partial charge is 0.305 e. The topological polar surface area (TPSA) is 95.9 Å². The third-order valence-electron chi connectivity index (χ3n) is 14.3. The number of unbranched alkanes of at least 4 members (excludes halogenated alkanes) is 46. The molecule has 2 unspecified atom stereocenters. The molecule has 6 heteroatoms. The molecule has 398 valence electrons. The van der Waals surface area contributed by atoms with Gasteiger partial charge in [-0.2, -0.15) is 0 Å². The summed E-state index contributed by atoms with van der Waals surface area (Å²) in [5, 5.41) is 23.2. The maximum absolute atomic E-state index is 12.5. The maximum Gasteiger partial charge on any atom is 0.305 e. The van der Waals surface area contributed by atoms with E-state index in [4.69, 9.17) is 4.74 Å². The van der Waals surface area contributed by atoms with Crippen LogP contribution in [0.4, 0.5) is 0 Å². The molecule has 2 atom stereocenters. The number of aliphatic hydroxyl groups excluding tert-OH is 2. The van der Waals surface area contributed by atoms with Gasteiger partial charge in [-0.1, -0.05) is 309 Å². The summed E-state index contributed by atoms with van der Waals surface area (Å²) in [6.07, 6.45) is 68.1. The molecule has 0 saturated carbocycles. The largest absolute Gasteiger partial charge is 0.466 e. The molecule has 0 aliphatic rings. The van der Waals surface area contributed by atoms with Crippen molar-refractivity contribution in [3.63, 3.8) is 0 Å². The molecule has 0 aromatic heterocycles. The number of aliphatic hydroxyl groups is 2. The Morgan fingerprint density at radius 2 is 0.687 bits per heavy atom. The minimum absolute atomic E-state index is 0.00272. The minimum atomic E-state index is -0.849. The number of amides is 1. The highest BCUT2D eigenvalue weighted by Gasteiger charge is 2.18. The predicted octanol–water partition coefficient (Wildman–Crippen LogP) is 18.9. The van der Waals surface area contributed by atoms with E-state index in [1.165, 1.54) is 270 Å². The molecule has 0 bridgehead atoms. The second-order valence-corrected chi connectivity index (χ2v) is 21.0. The summed E-state index contributed by atoms with van der Waals surface area (Å²) in [5.74, 6) is -0.0681. The molecule has 0 aromatic rings. The van der Waals surface area contributed by atoms with Crippen LogP contribution >= 0.6 is 0 Å². The fourth-order valence-corrected chi connectivity index (χ4v) is 9.64. The van der Waals surface area contributed by atoms with Crippen LogP contribution in [0.15, 0.2) is 12.2 Å². The monoisotopic (exact) mass is 946 g/mol. The van der Waals surface area contributed by atoms with Crippen molar-refractivity contribution in [2.24, 2.45) is 0 Å². The van der Waals surface area contributed by atoms with E-state index in [0.29, 0.717) is 19.4 Å². The molecule has 0 heterocycles. The van der Waals surface area contributed by atoms with Gasteiger partial charge in [-0.25, -0.2) is 0 Å². The highest BCUT2D eigenvalue weighted by atomic mass is 16.5. The van der Waals surface area contributed by atoms with Crippen molar-refractivity contribution >= 4 is 11.9 Å². The molecule has 0 aliphatic carbocycles. The van der Waals surface area contributed by atoms with Crippen LogP contribution in [0.5, 0.6) is 0 Å². The van der Waals surface area contributed by atoms with E-state index in [1.54, 1.807) is 6.08 Å². The van der Waals surface area contributed by atoms with Crippen molar-refractivity contribution in [2.45, 2.75) is 353 Å². The second kappa shape index (κ2) is 57.2. The van der Waals surface area contributed by atoms with E-state index in [0.717, 1.165) is 44.9 Å². The highest BCUT2D eigenvalue weighted by molar-refractivity contribution is 5.76. The Bertz CT molecular complexity index is 1000. The Morgan fingerprint density at radius 1 is 0.403 bits per heavy atom. The summed E-state index contributed by atoms with van der Waals surface area (Å²) in [5.41, 5.74) is 0. The first kappa shape index (κ1) is 65.6. The molecule has 0 aliphatic heterocycles. The van der Waals surface area contributed by atoms with Crippen molar-refractivity contribution in [1.29, 1.82) is 0 Å². The van der Waals surface area contributed by atoms with Gasteiger partial charge in [-0.15, -0.1) is 0 Å².